The second-order valence-corrected chi connectivity index (χ2v) is 5.02. The lowest BCUT2D eigenvalue weighted by atomic mass is 10.1. The van der Waals surface area contributed by atoms with E-state index in [1.807, 2.05) is 6.07 Å². The van der Waals surface area contributed by atoms with Gasteiger partial charge in [0.25, 0.3) is 0 Å². The van der Waals surface area contributed by atoms with E-state index in [-0.39, 0.29) is 0 Å². The zero-order valence-corrected chi connectivity index (χ0v) is 10.9. The van der Waals surface area contributed by atoms with Gasteiger partial charge in [-0.1, -0.05) is 31.9 Å². The summed E-state index contributed by atoms with van der Waals surface area (Å²) in [6.07, 6.45) is 5.45. The Kier molecular flexibility index (Phi) is 4.43. The van der Waals surface area contributed by atoms with Gasteiger partial charge in [0.1, 0.15) is 5.75 Å². The highest BCUT2D eigenvalue weighted by atomic mass is 16.5. The molecule has 0 spiro atoms. The zero-order valence-electron chi connectivity index (χ0n) is 10.9. The van der Waals surface area contributed by atoms with Gasteiger partial charge in [-0.05, 0) is 36.5 Å². The Morgan fingerprint density at radius 3 is 2.88 bits per heavy atom. The molecule has 0 amide bonds. The van der Waals surface area contributed by atoms with Gasteiger partial charge in [0.05, 0.1) is 7.11 Å². The summed E-state index contributed by atoms with van der Waals surface area (Å²) < 4.78 is 5.23. The van der Waals surface area contributed by atoms with Crippen molar-refractivity contribution < 1.29 is 4.74 Å². The van der Waals surface area contributed by atoms with Crippen molar-refractivity contribution in [3.63, 3.8) is 0 Å². The number of ether oxygens (including phenoxy) is 1. The van der Waals surface area contributed by atoms with Gasteiger partial charge in [-0.3, -0.25) is 0 Å². The molecule has 1 aliphatic carbocycles. The highest BCUT2D eigenvalue weighted by Gasteiger charge is 2.24. The average Bonchev–Trinajstić information content (AvgIpc) is 3.18. The lowest BCUT2D eigenvalue weighted by Gasteiger charge is -2.16. The van der Waals surface area contributed by atoms with Gasteiger partial charge < -0.3 is 10.1 Å². The maximum absolute atomic E-state index is 5.23. The lowest BCUT2D eigenvalue weighted by molar-refractivity contribution is 0.412. The minimum absolute atomic E-state index is 0.675. The fraction of sp³-hybridized carbons (Fsp3) is 0.600. The van der Waals surface area contributed by atoms with E-state index in [1.165, 1.54) is 31.2 Å². The fourth-order valence-corrected chi connectivity index (χ4v) is 2.19. The lowest BCUT2D eigenvalue weighted by Crippen LogP contribution is -2.28. The maximum atomic E-state index is 5.23. The largest absolute Gasteiger partial charge is 0.497 e. The normalized spacial score (nSPS) is 16.8. The number of hydrogen-bond donors (Lipinski definition) is 1. The monoisotopic (exact) mass is 233 g/mol. The molecule has 17 heavy (non-hydrogen) atoms. The summed E-state index contributed by atoms with van der Waals surface area (Å²) in [5.74, 6) is 1.94. The van der Waals surface area contributed by atoms with Crippen molar-refractivity contribution in [1.29, 1.82) is 0 Å². The Labute approximate surface area is 104 Å². The van der Waals surface area contributed by atoms with Crippen molar-refractivity contribution in [2.45, 2.75) is 45.2 Å². The Hall–Kier alpha value is -1.02. The van der Waals surface area contributed by atoms with E-state index >= 15 is 0 Å². The fourth-order valence-electron chi connectivity index (χ4n) is 2.19. The third-order valence-corrected chi connectivity index (χ3v) is 3.54. The first kappa shape index (κ1) is 12.4. The molecule has 0 bridgehead atoms. The number of methoxy groups -OCH3 is 1. The Morgan fingerprint density at radius 1 is 1.41 bits per heavy atom. The molecule has 94 valence electrons. The highest BCUT2D eigenvalue weighted by molar-refractivity contribution is 5.28. The van der Waals surface area contributed by atoms with E-state index in [0.717, 1.165) is 18.2 Å². The van der Waals surface area contributed by atoms with Crippen molar-refractivity contribution >= 4 is 0 Å². The second-order valence-electron chi connectivity index (χ2n) is 5.02. The van der Waals surface area contributed by atoms with E-state index in [0.29, 0.717) is 6.04 Å². The Balaban J connectivity index is 1.82. The number of rotatable bonds is 7. The van der Waals surface area contributed by atoms with Gasteiger partial charge in [-0.15, -0.1) is 0 Å². The molecule has 1 N–H and O–H groups in total. The minimum atomic E-state index is 0.675. The minimum Gasteiger partial charge on any atom is -0.497 e. The van der Waals surface area contributed by atoms with Crippen molar-refractivity contribution in [3.8, 4) is 5.75 Å². The third kappa shape index (κ3) is 4.04. The molecule has 2 heteroatoms. The van der Waals surface area contributed by atoms with Crippen molar-refractivity contribution in [2.75, 3.05) is 7.11 Å². The van der Waals surface area contributed by atoms with Gasteiger partial charge in [0.15, 0.2) is 0 Å². The summed E-state index contributed by atoms with van der Waals surface area (Å²) >= 11 is 0. The molecule has 0 heterocycles. The summed E-state index contributed by atoms with van der Waals surface area (Å²) in [5.41, 5.74) is 1.30. The van der Waals surface area contributed by atoms with Gasteiger partial charge in [-0.25, -0.2) is 0 Å². The molecular weight excluding hydrogens is 210 g/mol. The van der Waals surface area contributed by atoms with Crippen LogP contribution in [0.15, 0.2) is 24.3 Å². The average molecular weight is 233 g/mol. The molecular formula is C15H23NO. The number of benzene rings is 1. The first-order valence-electron chi connectivity index (χ1n) is 6.68. The molecule has 1 aromatic rings. The highest BCUT2D eigenvalue weighted by Crippen LogP contribution is 2.34. The molecule has 0 radical (unpaired) electrons. The molecule has 2 nitrogen and oxygen atoms in total. The predicted octanol–water partition coefficient (Wildman–Crippen LogP) is 3.36. The van der Waals surface area contributed by atoms with E-state index in [2.05, 4.69) is 30.4 Å². The topological polar surface area (TPSA) is 21.3 Å². The van der Waals surface area contributed by atoms with Crippen LogP contribution >= 0.6 is 0 Å². The smallest absolute Gasteiger partial charge is 0.119 e. The van der Waals surface area contributed by atoms with Gasteiger partial charge in [-0.2, -0.15) is 0 Å². The molecule has 1 aromatic carbocycles. The quantitative estimate of drug-likeness (QED) is 0.779. The first-order chi connectivity index (χ1) is 8.31. The molecule has 1 atom stereocenters. The van der Waals surface area contributed by atoms with Crippen molar-refractivity contribution in [2.24, 2.45) is 5.92 Å². The van der Waals surface area contributed by atoms with Crippen LogP contribution in [0.5, 0.6) is 5.75 Å². The van der Waals surface area contributed by atoms with Crippen LogP contribution in [0.2, 0.25) is 0 Å². The van der Waals surface area contributed by atoms with E-state index in [9.17, 15) is 0 Å². The van der Waals surface area contributed by atoms with Crippen LogP contribution in [0, 0.1) is 5.92 Å². The van der Waals surface area contributed by atoms with Crippen LogP contribution in [0.25, 0.3) is 0 Å². The zero-order chi connectivity index (χ0) is 12.1. The summed E-state index contributed by atoms with van der Waals surface area (Å²) in [6.45, 7) is 3.22. The SMILES string of the molecule is CCC(CC1CC1)NCc1cccc(OC)c1. The molecule has 1 fully saturated rings. The predicted molar refractivity (Wildman–Crippen MR) is 71.3 cm³/mol. The molecule has 0 aliphatic heterocycles. The van der Waals surface area contributed by atoms with Crippen LogP contribution in [-0.4, -0.2) is 13.2 Å². The van der Waals surface area contributed by atoms with E-state index < -0.39 is 0 Å². The van der Waals surface area contributed by atoms with Crippen molar-refractivity contribution in [1.82, 2.24) is 5.32 Å². The third-order valence-electron chi connectivity index (χ3n) is 3.54. The van der Waals surface area contributed by atoms with Gasteiger partial charge in [0.2, 0.25) is 0 Å². The van der Waals surface area contributed by atoms with Gasteiger partial charge in [0, 0.05) is 12.6 Å². The molecule has 0 saturated heterocycles. The number of hydrogen-bond acceptors (Lipinski definition) is 2. The standard InChI is InChI=1S/C15H23NO/c1-3-14(9-12-7-8-12)16-11-13-5-4-6-15(10-13)17-2/h4-6,10,12,14,16H,3,7-9,11H2,1-2H3. The Bertz CT molecular complexity index is 347. The maximum Gasteiger partial charge on any atom is 0.119 e. The van der Waals surface area contributed by atoms with Crippen LogP contribution < -0.4 is 10.1 Å². The van der Waals surface area contributed by atoms with Crippen LogP contribution in [0.1, 0.15) is 38.2 Å². The molecule has 0 aromatic heterocycles. The summed E-state index contributed by atoms with van der Waals surface area (Å²) in [7, 11) is 1.72. The van der Waals surface area contributed by atoms with E-state index in [4.69, 9.17) is 4.74 Å². The second kappa shape index (κ2) is 6.06. The van der Waals surface area contributed by atoms with Crippen LogP contribution in [-0.2, 0) is 6.54 Å². The first-order valence-corrected chi connectivity index (χ1v) is 6.68. The molecule has 1 aliphatic rings. The van der Waals surface area contributed by atoms with Crippen molar-refractivity contribution in [3.05, 3.63) is 29.8 Å². The summed E-state index contributed by atoms with van der Waals surface area (Å²) in [6, 6.07) is 8.98. The number of nitrogens with one attached hydrogen (secondary N) is 1. The van der Waals surface area contributed by atoms with Crippen LogP contribution in [0.4, 0.5) is 0 Å². The summed E-state index contributed by atoms with van der Waals surface area (Å²) in [5, 5.41) is 3.65. The summed E-state index contributed by atoms with van der Waals surface area (Å²) in [4.78, 5) is 0. The molecule has 1 saturated carbocycles. The molecule has 1 unspecified atom stereocenters. The van der Waals surface area contributed by atoms with Gasteiger partial charge >= 0.3 is 0 Å². The van der Waals surface area contributed by atoms with E-state index in [1.54, 1.807) is 7.11 Å². The molecule has 2 rings (SSSR count). The van der Waals surface area contributed by atoms with Crippen LogP contribution in [0.3, 0.4) is 0 Å². The Morgan fingerprint density at radius 2 is 2.24 bits per heavy atom.